The normalized spacial score (nSPS) is 18.8. The molecule has 1 heterocycles. The standard InChI is InChI=1S/C13H15ClO2/c14-9-8-13(15,12-7-4-10-16-12)11-5-2-1-3-6-11/h1-3,5-7,15H,4,8-10H2. The van der Waals surface area contributed by atoms with Crippen molar-refractivity contribution in [2.24, 2.45) is 0 Å². The van der Waals surface area contributed by atoms with Gasteiger partial charge in [0.25, 0.3) is 0 Å². The van der Waals surface area contributed by atoms with Crippen LogP contribution in [0.5, 0.6) is 0 Å². The predicted molar refractivity (Wildman–Crippen MR) is 64.3 cm³/mol. The van der Waals surface area contributed by atoms with Crippen molar-refractivity contribution in [3.05, 3.63) is 47.7 Å². The van der Waals surface area contributed by atoms with Gasteiger partial charge in [-0.1, -0.05) is 30.3 Å². The Morgan fingerprint density at radius 1 is 1.31 bits per heavy atom. The highest BCUT2D eigenvalue weighted by molar-refractivity contribution is 6.17. The van der Waals surface area contributed by atoms with Crippen molar-refractivity contribution in [3.8, 4) is 0 Å². The summed E-state index contributed by atoms with van der Waals surface area (Å²) in [4.78, 5) is 0. The highest BCUT2D eigenvalue weighted by Crippen LogP contribution is 2.36. The number of hydrogen-bond donors (Lipinski definition) is 1. The molecule has 16 heavy (non-hydrogen) atoms. The Morgan fingerprint density at radius 2 is 2.06 bits per heavy atom. The molecule has 0 aromatic heterocycles. The molecule has 1 aliphatic rings. The van der Waals surface area contributed by atoms with Crippen molar-refractivity contribution >= 4 is 11.6 Å². The van der Waals surface area contributed by atoms with E-state index in [4.69, 9.17) is 16.3 Å². The third-order valence-electron chi connectivity index (χ3n) is 2.82. The van der Waals surface area contributed by atoms with Crippen LogP contribution in [0.15, 0.2) is 42.2 Å². The number of rotatable bonds is 4. The second kappa shape index (κ2) is 4.89. The van der Waals surface area contributed by atoms with Crippen LogP contribution in [0.2, 0.25) is 0 Å². The molecule has 1 aliphatic heterocycles. The maximum atomic E-state index is 10.7. The molecule has 1 atom stereocenters. The summed E-state index contributed by atoms with van der Waals surface area (Å²) in [5, 5.41) is 10.7. The van der Waals surface area contributed by atoms with Gasteiger partial charge in [-0.05, 0) is 11.6 Å². The lowest BCUT2D eigenvalue weighted by molar-refractivity contribution is 0.0130. The largest absolute Gasteiger partial charge is 0.494 e. The summed E-state index contributed by atoms with van der Waals surface area (Å²) in [6.45, 7) is 0.646. The molecule has 3 heteroatoms. The van der Waals surface area contributed by atoms with Gasteiger partial charge >= 0.3 is 0 Å². The van der Waals surface area contributed by atoms with E-state index in [1.807, 2.05) is 36.4 Å². The number of benzene rings is 1. The van der Waals surface area contributed by atoms with E-state index in [1.54, 1.807) is 0 Å². The van der Waals surface area contributed by atoms with Gasteiger partial charge in [0, 0.05) is 18.7 Å². The molecule has 0 amide bonds. The molecule has 0 radical (unpaired) electrons. The van der Waals surface area contributed by atoms with Crippen LogP contribution >= 0.6 is 11.6 Å². The van der Waals surface area contributed by atoms with E-state index in [-0.39, 0.29) is 0 Å². The van der Waals surface area contributed by atoms with Gasteiger partial charge in [0.1, 0.15) is 11.4 Å². The molecule has 1 aromatic rings. The SMILES string of the molecule is OC(CCCl)(C1=CCCO1)c1ccccc1. The van der Waals surface area contributed by atoms with Crippen molar-refractivity contribution in [1.82, 2.24) is 0 Å². The lowest BCUT2D eigenvalue weighted by atomic mass is 9.89. The Balaban J connectivity index is 2.35. The van der Waals surface area contributed by atoms with Gasteiger partial charge in [-0.25, -0.2) is 0 Å². The van der Waals surface area contributed by atoms with E-state index in [9.17, 15) is 5.11 Å². The van der Waals surface area contributed by atoms with Gasteiger partial charge in [-0.15, -0.1) is 11.6 Å². The molecule has 0 bridgehead atoms. The average molecular weight is 239 g/mol. The monoisotopic (exact) mass is 238 g/mol. The van der Waals surface area contributed by atoms with Crippen LogP contribution in [-0.4, -0.2) is 17.6 Å². The van der Waals surface area contributed by atoms with Crippen LogP contribution in [0.25, 0.3) is 0 Å². The van der Waals surface area contributed by atoms with Crippen molar-refractivity contribution < 1.29 is 9.84 Å². The van der Waals surface area contributed by atoms with Gasteiger partial charge in [-0.3, -0.25) is 0 Å². The molecule has 0 aliphatic carbocycles. The van der Waals surface area contributed by atoms with Crippen LogP contribution in [0, 0.1) is 0 Å². The quantitative estimate of drug-likeness (QED) is 0.818. The molecule has 0 saturated carbocycles. The lowest BCUT2D eigenvalue weighted by Gasteiger charge is -2.28. The zero-order valence-electron chi connectivity index (χ0n) is 9.03. The first-order valence-corrected chi connectivity index (χ1v) is 5.98. The fourth-order valence-electron chi connectivity index (χ4n) is 1.97. The summed E-state index contributed by atoms with van der Waals surface area (Å²) < 4.78 is 5.48. The molecule has 2 nitrogen and oxygen atoms in total. The van der Waals surface area contributed by atoms with Gasteiger partial charge in [0.15, 0.2) is 0 Å². The first kappa shape index (κ1) is 11.5. The minimum absolute atomic E-state index is 0.395. The van der Waals surface area contributed by atoms with Crippen molar-refractivity contribution in [2.75, 3.05) is 12.5 Å². The Bertz CT molecular complexity index is 375. The maximum absolute atomic E-state index is 10.7. The summed E-state index contributed by atoms with van der Waals surface area (Å²) in [7, 11) is 0. The Kier molecular flexibility index (Phi) is 3.52. The number of alkyl halides is 1. The number of halogens is 1. The van der Waals surface area contributed by atoms with E-state index >= 15 is 0 Å². The Labute approximate surface area is 101 Å². The van der Waals surface area contributed by atoms with Gasteiger partial charge in [-0.2, -0.15) is 0 Å². The Morgan fingerprint density at radius 3 is 2.62 bits per heavy atom. The van der Waals surface area contributed by atoms with E-state index in [0.717, 1.165) is 12.0 Å². The summed E-state index contributed by atoms with van der Waals surface area (Å²) in [6.07, 6.45) is 3.26. The first-order chi connectivity index (χ1) is 7.77. The molecule has 1 N–H and O–H groups in total. The molecular formula is C13H15ClO2. The number of hydrogen-bond acceptors (Lipinski definition) is 2. The first-order valence-electron chi connectivity index (χ1n) is 5.44. The van der Waals surface area contributed by atoms with E-state index in [2.05, 4.69) is 0 Å². The van der Waals surface area contributed by atoms with Crippen LogP contribution in [0.1, 0.15) is 18.4 Å². The maximum Gasteiger partial charge on any atom is 0.147 e. The zero-order chi connectivity index (χ0) is 11.4. The van der Waals surface area contributed by atoms with E-state index in [0.29, 0.717) is 24.7 Å². The number of aliphatic hydroxyl groups is 1. The Hall–Kier alpha value is -0.990. The highest BCUT2D eigenvalue weighted by Gasteiger charge is 2.36. The smallest absolute Gasteiger partial charge is 0.147 e. The minimum Gasteiger partial charge on any atom is -0.494 e. The topological polar surface area (TPSA) is 29.5 Å². The van der Waals surface area contributed by atoms with Crippen LogP contribution in [0.3, 0.4) is 0 Å². The molecule has 2 rings (SSSR count). The third-order valence-corrected chi connectivity index (χ3v) is 3.01. The summed E-state index contributed by atoms with van der Waals surface area (Å²) in [5.41, 5.74) is -0.233. The average Bonchev–Trinajstić information content (AvgIpc) is 2.84. The fourth-order valence-corrected chi connectivity index (χ4v) is 2.24. The lowest BCUT2D eigenvalue weighted by Crippen LogP contribution is -2.29. The highest BCUT2D eigenvalue weighted by atomic mass is 35.5. The summed E-state index contributed by atoms with van der Waals surface area (Å²) in [6, 6.07) is 9.53. The van der Waals surface area contributed by atoms with Crippen molar-refractivity contribution in [2.45, 2.75) is 18.4 Å². The molecule has 0 spiro atoms. The number of ether oxygens (including phenoxy) is 1. The van der Waals surface area contributed by atoms with Gasteiger partial charge in [0.05, 0.1) is 6.61 Å². The predicted octanol–water partition coefficient (Wildman–Crippen LogP) is 2.81. The zero-order valence-corrected chi connectivity index (χ0v) is 9.78. The van der Waals surface area contributed by atoms with Crippen LogP contribution < -0.4 is 0 Å². The summed E-state index contributed by atoms with van der Waals surface area (Å²) >= 11 is 5.77. The van der Waals surface area contributed by atoms with Crippen molar-refractivity contribution in [1.29, 1.82) is 0 Å². The van der Waals surface area contributed by atoms with E-state index in [1.165, 1.54) is 0 Å². The van der Waals surface area contributed by atoms with Gasteiger partial charge < -0.3 is 9.84 Å². The molecule has 1 aromatic carbocycles. The fraction of sp³-hybridized carbons (Fsp3) is 0.385. The second-order valence-corrected chi connectivity index (χ2v) is 4.25. The van der Waals surface area contributed by atoms with Crippen LogP contribution in [0.4, 0.5) is 0 Å². The molecule has 0 fully saturated rings. The third kappa shape index (κ3) is 2.08. The molecule has 86 valence electrons. The molecule has 1 unspecified atom stereocenters. The van der Waals surface area contributed by atoms with Gasteiger partial charge in [0.2, 0.25) is 0 Å². The molecular weight excluding hydrogens is 224 g/mol. The molecule has 0 saturated heterocycles. The van der Waals surface area contributed by atoms with Crippen molar-refractivity contribution in [3.63, 3.8) is 0 Å². The van der Waals surface area contributed by atoms with E-state index < -0.39 is 5.60 Å². The van der Waals surface area contributed by atoms with Crippen LogP contribution in [-0.2, 0) is 10.3 Å². The second-order valence-electron chi connectivity index (χ2n) is 3.87. The minimum atomic E-state index is -1.07. The summed E-state index contributed by atoms with van der Waals surface area (Å²) in [5.74, 6) is 1.03.